The van der Waals surface area contributed by atoms with E-state index in [2.05, 4.69) is 18.1 Å². The van der Waals surface area contributed by atoms with Gasteiger partial charge in [0.2, 0.25) is 0 Å². The summed E-state index contributed by atoms with van der Waals surface area (Å²) >= 11 is 0. The molecule has 0 amide bonds. The van der Waals surface area contributed by atoms with Gasteiger partial charge in [-0.2, -0.15) is 0 Å². The summed E-state index contributed by atoms with van der Waals surface area (Å²) in [5.74, 6) is -0.000561. The Balaban J connectivity index is 2.26. The van der Waals surface area contributed by atoms with Crippen LogP contribution in [0.25, 0.3) is 6.08 Å². The zero-order chi connectivity index (χ0) is 16.5. The molecule has 0 aliphatic carbocycles. The lowest BCUT2D eigenvalue weighted by molar-refractivity contribution is 0.104. The zero-order valence-corrected chi connectivity index (χ0v) is 13.2. The topological polar surface area (TPSA) is 20.3 Å². The third-order valence-electron chi connectivity index (χ3n) is 3.45. The van der Waals surface area contributed by atoms with E-state index in [0.29, 0.717) is 5.56 Å². The number of hydrogen-bond acceptors (Lipinski definition) is 2. The summed E-state index contributed by atoms with van der Waals surface area (Å²) in [4.78, 5) is 14.4. The molecule has 0 radical (unpaired) electrons. The quantitative estimate of drug-likeness (QED) is 0.398. The molecule has 2 aromatic rings. The second-order valence-electron chi connectivity index (χ2n) is 5.10. The van der Waals surface area contributed by atoms with Crippen molar-refractivity contribution in [1.29, 1.82) is 0 Å². The van der Waals surface area contributed by atoms with Crippen LogP contribution in [-0.4, -0.2) is 18.9 Å². The Kier molecular flexibility index (Phi) is 6.13. The minimum Gasteiger partial charge on any atom is -0.364 e. The van der Waals surface area contributed by atoms with Crippen LogP contribution in [0, 0.1) is 0 Å². The summed E-state index contributed by atoms with van der Waals surface area (Å²) in [6.07, 6.45) is 7.20. The van der Waals surface area contributed by atoms with E-state index >= 15 is 0 Å². The number of allylic oxidation sites excluding steroid dienone is 1. The van der Waals surface area contributed by atoms with E-state index in [-0.39, 0.29) is 5.78 Å². The average Bonchev–Trinajstić information content (AvgIpc) is 2.60. The fourth-order valence-corrected chi connectivity index (χ4v) is 2.36. The first-order chi connectivity index (χ1) is 11.3. The lowest BCUT2D eigenvalue weighted by Gasteiger charge is -2.23. The number of hydrogen-bond donors (Lipinski definition) is 0. The van der Waals surface area contributed by atoms with E-state index in [1.807, 2.05) is 72.8 Å². The van der Waals surface area contributed by atoms with Crippen molar-refractivity contribution >= 4 is 17.5 Å². The van der Waals surface area contributed by atoms with E-state index in [1.165, 1.54) is 0 Å². The Hall–Kier alpha value is -2.87. The van der Waals surface area contributed by atoms with Crippen molar-refractivity contribution < 1.29 is 4.79 Å². The smallest absolute Gasteiger partial charge is 0.185 e. The number of nitrogens with zero attached hydrogens (tertiary/aromatic N) is 1. The Labute approximate surface area is 138 Å². The highest BCUT2D eigenvalue weighted by Crippen LogP contribution is 2.22. The van der Waals surface area contributed by atoms with Gasteiger partial charge in [0.15, 0.2) is 5.78 Å². The first-order valence-electron chi connectivity index (χ1n) is 7.59. The third-order valence-corrected chi connectivity index (χ3v) is 3.45. The Morgan fingerprint density at radius 2 is 1.52 bits per heavy atom. The van der Waals surface area contributed by atoms with Crippen LogP contribution >= 0.6 is 0 Å². The third kappa shape index (κ3) is 4.55. The predicted octanol–water partition coefficient (Wildman–Crippen LogP) is 4.76. The van der Waals surface area contributed by atoms with Crippen molar-refractivity contribution in [3.05, 3.63) is 97.1 Å². The lowest BCUT2D eigenvalue weighted by atomic mass is 10.1. The molecule has 0 aromatic heterocycles. The number of anilines is 1. The SMILES string of the molecule is C=CCN(CC=C)c1ccccc1C=CC(=O)c1ccccc1. The van der Waals surface area contributed by atoms with Gasteiger partial charge in [-0.05, 0) is 23.8 Å². The molecule has 0 heterocycles. The fraction of sp³-hybridized carbons (Fsp3) is 0.0952. The normalized spacial score (nSPS) is 10.4. The molecule has 2 rings (SSSR count). The minimum absolute atomic E-state index is 0.000561. The van der Waals surface area contributed by atoms with E-state index in [9.17, 15) is 4.79 Å². The molecule has 2 aromatic carbocycles. The van der Waals surface area contributed by atoms with Crippen molar-refractivity contribution in [3.8, 4) is 0 Å². The number of benzene rings is 2. The molecule has 0 fully saturated rings. The van der Waals surface area contributed by atoms with Gasteiger partial charge in [0, 0.05) is 24.3 Å². The van der Waals surface area contributed by atoms with Gasteiger partial charge in [-0.1, -0.05) is 60.7 Å². The predicted molar refractivity (Wildman–Crippen MR) is 98.9 cm³/mol. The summed E-state index contributed by atoms with van der Waals surface area (Å²) in [5, 5.41) is 0. The van der Waals surface area contributed by atoms with Gasteiger partial charge < -0.3 is 4.90 Å². The molecule has 0 bridgehead atoms. The highest BCUT2D eigenvalue weighted by molar-refractivity contribution is 6.07. The maximum atomic E-state index is 12.2. The molecule has 0 aliphatic rings. The molecule has 0 unspecified atom stereocenters. The number of carbonyl (C=O) groups excluding carboxylic acids is 1. The van der Waals surface area contributed by atoms with Crippen LogP contribution in [0.2, 0.25) is 0 Å². The summed E-state index contributed by atoms with van der Waals surface area (Å²) in [6, 6.07) is 17.3. The highest BCUT2D eigenvalue weighted by atomic mass is 16.1. The molecule has 0 spiro atoms. The molecule has 116 valence electrons. The first-order valence-corrected chi connectivity index (χ1v) is 7.59. The number of rotatable bonds is 8. The number of ketones is 1. The molecular weight excluding hydrogens is 282 g/mol. The van der Waals surface area contributed by atoms with Gasteiger partial charge >= 0.3 is 0 Å². The van der Waals surface area contributed by atoms with E-state index < -0.39 is 0 Å². The Morgan fingerprint density at radius 3 is 2.17 bits per heavy atom. The van der Waals surface area contributed by atoms with E-state index in [4.69, 9.17) is 0 Å². The zero-order valence-electron chi connectivity index (χ0n) is 13.2. The summed E-state index contributed by atoms with van der Waals surface area (Å²) < 4.78 is 0. The monoisotopic (exact) mass is 303 g/mol. The number of para-hydroxylation sites is 1. The van der Waals surface area contributed by atoms with E-state index in [1.54, 1.807) is 6.08 Å². The van der Waals surface area contributed by atoms with Gasteiger partial charge in [-0.25, -0.2) is 0 Å². The molecule has 0 saturated carbocycles. The molecule has 2 nitrogen and oxygen atoms in total. The molecular formula is C21H21NO. The van der Waals surface area contributed by atoms with Crippen molar-refractivity contribution in [2.45, 2.75) is 0 Å². The maximum Gasteiger partial charge on any atom is 0.185 e. The van der Waals surface area contributed by atoms with Crippen molar-refractivity contribution in [3.63, 3.8) is 0 Å². The standard InChI is InChI=1S/C21H21NO/c1-3-16-22(17-4-2)20-13-9-8-10-18(20)14-15-21(23)19-11-6-5-7-12-19/h3-15H,1-2,16-17H2. The second-order valence-corrected chi connectivity index (χ2v) is 5.10. The van der Waals surface area contributed by atoms with Crippen molar-refractivity contribution in [1.82, 2.24) is 0 Å². The van der Waals surface area contributed by atoms with Gasteiger partial charge in [-0.15, -0.1) is 13.2 Å². The minimum atomic E-state index is -0.000561. The summed E-state index contributed by atoms with van der Waals surface area (Å²) in [5.41, 5.74) is 2.75. The maximum absolute atomic E-state index is 12.2. The van der Waals surface area contributed by atoms with Crippen LogP contribution < -0.4 is 4.90 Å². The van der Waals surface area contributed by atoms with Crippen LogP contribution in [0.15, 0.2) is 86.0 Å². The lowest BCUT2D eigenvalue weighted by Crippen LogP contribution is -2.23. The highest BCUT2D eigenvalue weighted by Gasteiger charge is 2.07. The number of carbonyl (C=O) groups is 1. The summed E-state index contributed by atoms with van der Waals surface area (Å²) in [6.45, 7) is 9.06. The summed E-state index contributed by atoms with van der Waals surface area (Å²) in [7, 11) is 0. The van der Waals surface area contributed by atoms with Crippen LogP contribution in [0.4, 0.5) is 5.69 Å². The van der Waals surface area contributed by atoms with Gasteiger partial charge in [0.05, 0.1) is 0 Å². The largest absolute Gasteiger partial charge is 0.364 e. The van der Waals surface area contributed by atoms with Crippen LogP contribution in [0.1, 0.15) is 15.9 Å². The van der Waals surface area contributed by atoms with Crippen LogP contribution in [0.3, 0.4) is 0 Å². The molecule has 2 heteroatoms. The fourth-order valence-electron chi connectivity index (χ4n) is 2.36. The van der Waals surface area contributed by atoms with Crippen molar-refractivity contribution in [2.75, 3.05) is 18.0 Å². The molecule has 0 atom stereocenters. The Morgan fingerprint density at radius 1 is 0.913 bits per heavy atom. The Bertz CT molecular complexity index is 691. The van der Waals surface area contributed by atoms with Crippen LogP contribution in [-0.2, 0) is 0 Å². The second kappa shape index (κ2) is 8.54. The first kappa shape index (κ1) is 16.5. The average molecular weight is 303 g/mol. The molecule has 0 saturated heterocycles. The van der Waals surface area contributed by atoms with Gasteiger partial charge in [0.25, 0.3) is 0 Å². The molecule has 0 N–H and O–H groups in total. The van der Waals surface area contributed by atoms with Gasteiger partial charge in [-0.3, -0.25) is 4.79 Å². The molecule has 23 heavy (non-hydrogen) atoms. The van der Waals surface area contributed by atoms with Crippen LogP contribution in [0.5, 0.6) is 0 Å². The van der Waals surface area contributed by atoms with Crippen molar-refractivity contribution in [2.24, 2.45) is 0 Å². The van der Waals surface area contributed by atoms with E-state index in [0.717, 1.165) is 24.3 Å². The molecule has 0 aliphatic heterocycles. The van der Waals surface area contributed by atoms with Gasteiger partial charge in [0.1, 0.15) is 0 Å².